The van der Waals surface area contributed by atoms with Gasteiger partial charge in [0.1, 0.15) is 17.4 Å². The second-order valence-corrected chi connectivity index (χ2v) is 9.55. The summed E-state index contributed by atoms with van der Waals surface area (Å²) in [5.41, 5.74) is 7.46. The summed E-state index contributed by atoms with van der Waals surface area (Å²) in [6, 6.07) is 26.4. The van der Waals surface area contributed by atoms with E-state index in [1.807, 2.05) is 48.5 Å². The maximum atomic E-state index is 14.9. The fourth-order valence-corrected chi connectivity index (χ4v) is 4.64. The van der Waals surface area contributed by atoms with Crippen LogP contribution in [0.3, 0.4) is 0 Å². The fraction of sp³-hybridized carbons (Fsp3) is 0.226. The van der Waals surface area contributed by atoms with Gasteiger partial charge in [-0.15, -0.1) is 0 Å². The van der Waals surface area contributed by atoms with E-state index in [9.17, 15) is 26.3 Å². The second kappa shape index (κ2) is 12.6. The molecule has 4 aromatic carbocycles. The molecular formula is C31H28F6N2O. The first kappa shape index (κ1) is 29.2. The molecule has 0 radical (unpaired) electrons. The van der Waals surface area contributed by atoms with Gasteiger partial charge in [0.25, 0.3) is 0 Å². The molecule has 0 saturated heterocycles. The Balaban J connectivity index is 1.81. The lowest BCUT2D eigenvalue weighted by Crippen LogP contribution is -2.50. The fourth-order valence-electron chi connectivity index (χ4n) is 4.64. The lowest BCUT2D eigenvalue weighted by atomic mass is 9.77. The summed E-state index contributed by atoms with van der Waals surface area (Å²) in [7, 11) is 0. The van der Waals surface area contributed by atoms with Crippen LogP contribution in [-0.4, -0.2) is 25.1 Å². The average molecular weight is 559 g/mol. The molecule has 3 nitrogen and oxygen atoms in total. The van der Waals surface area contributed by atoms with E-state index in [0.717, 1.165) is 23.3 Å². The summed E-state index contributed by atoms with van der Waals surface area (Å²) in [5.74, 6) is -2.28. The molecule has 0 aliphatic carbocycles. The van der Waals surface area contributed by atoms with Gasteiger partial charge in [0.15, 0.2) is 0 Å². The van der Waals surface area contributed by atoms with Gasteiger partial charge in [0.2, 0.25) is 0 Å². The van der Waals surface area contributed by atoms with E-state index in [2.05, 4.69) is 10.1 Å². The van der Waals surface area contributed by atoms with Crippen LogP contribution in [0.25, 0.3) is 0 Å². The van der Waals surface area contributed by atoms with Crippen LogP contribution in [0.5, 0.6) is 5.75 Å². The molecule has 4 rings (SSSR count). The van der Waals surface area contributed by atoms with Gasteiger partial charge in [0, 0.05) is 18.7 Å². The first-order chi connectivity index (χ1) is 19.1. The number of benzene rings is 4. The molecule has 3 N–H and O–H groups in total. The van der Waals surface area contributed by atoms with Gasteiger partial charge >= 0.3 is 12.5 Å². The molecular weight excluding hydrogens is 530 g/mol. The highest BCUT2D eigenvalue weighted by Crippen LogP contribution is 2.38. The van der Waals surface area contributed by atoms with Crippen LogP contribution in [0, 0.1) is 11.6 Å². The number of ether oxygens (including phenoxy) is 1. The average Bonchev–Trinajstić information content (AvgIpc) is 2.92. The van der Waals surface area contributed by atoms with Crippen molar-refractivity contribution in [3.05, 3.63) is 137 Å². The van der Waals surface area contributed by atoms with Crippen LogP contribution in [-0.2, 0) is 18.4 Å². The summed E-state index contributed by atoms with van der Waals surface area (Å²) in [5, 5.41) is 3.39. The Morgan fingerprint density at radius 1 is 0.725 bits per heavy atom. The summed E-state index contributed by atoms with van der Waals surface area (Å²) < 4.78 is 86.5. The Hall–Kier alpha value is -3.82. The predicted molar refractivity (Wildman–Crippen MR) is 141 cm³/mol. The topological polar surface area (TPSA) is 47.3 Å². The quantitative estimate of drug-likeness (QED) is 0.187. The zero-order valence-electron chi connectivity index (χ0n) is 21.3. The summed E-state index contributed by atoms with van der Waals surface area (Å²) in [6.07, 6.45) is -8.31. The maximum Gasteiger partial charge on any atom is 0.461 e. The van der Waals surface area contributed by atoms with Gasteiger partial charge in [-0.3, -0.25) is 0 Å². The zero-order chi connectivity index (χ0) is 28.8. The molecule has 2 atom stereocenters. The Bertz CT molecular complexity index is 1370. The van der Waals surface area contributed by atoms with Gasteiger partial charge in [-0.1, -0.05) is 72.8 Å². The minimum Gasteiger partial charge on any atom is -0.428 e. The molecule has 0 aliphatic heterocycles. The largest absolute Gasteiger partial charge is 0.461 e. The normalized spacial score (nSPS) is 14.1. The SMILES string of the molecule is N[C@H](CN[C@](Cc1ccccc1)(c1ccc(F)cc1)c1cc(F)cc(OC(F)(F)C(F)F)c1)Cc1ccccc1. The molecule has 0 amide bonds. The smallest absolute Gasteiger partial charge is 0.428 e. The molecule has 210 valence electrons. The third-order valence-corrected chi connectivity index (χ3v) is 6.53. The van der Waals surface area contributed by atoms with Crippen LogP contribution >= 0.6 is 0 Å². The summed E-state index contributed by atoms with van der Waals surface area (Å²) >= 11 is 0. The van der Waals surface area contributed by atoms with E-state index in [1.165, 1.54) is 24.3 Å². The number of nitrogens with two attached hydrogens (primary N) is 1. The summed E-state index contributed by atoms with van der Waals surface area (Å²) in [6.45, 7) is 0.180. The Morgan fingerprint density at radius 3 is 1.93 bits per heavy atom. The van der Waals surface area contributed by atoms with Crippen LogP contribution < -0.4 is 15.8 Å². The van der Waals surface area contributed by atoms with E-state index in [4.69, 9.17) is 5.73 Å². The van der Waals surface area contributed by atoms with Gasteiger partial charge in [0.05, 0.1) is 5.54 Å². The molecule has 0 bridgehead atoms. The van der Waals surface area contributed by atoms with E-state index < -0.39 is 41.5 Å². The van der Waals surface area contributed by atoms with Gasteiger partial charge in [-0.2, -0.15) is 17.6 Å². The van der Waals surface area contributed by atoms with Crippen LogP contribution in [0.15, 0.2) is 103 Å². The Labute approximate surface area is 228 Å². The van der Waals surface area contributed by atoms with Gasteiger partial charge < -0.3 is 15.8 Å². The molecule has 4 aromatic rings. The number of halogens is 6. The first-order valence-electron chi connectivity index (χ1n) is 12.6. The third kappa shape index (κ3) is 7.22. The molecule has 0 fully saturated rings. The number of hydrogen-bond acceptors (Lipinski definition) is 3. The number of alkyl halides is 4. The van der Waals surface area contributed by atoms with Crippen LogP contribution in [0.2, 0.25) is 0 Å². The number of hydrogen-bond donors (Lipinski definition) is 2. The highest BCUT2D eigenvalue weighted by atomic mass is 19.3. The van der Waals surface area contributed by atoms with Crippen molar-refractivity contribution in [2.75, 3.05) is 6.54 Å². The van der Waals surface area contributed by atoms with Gasteiger partial charge in [-0.05, 0) is 59.4 Å². The van der Waals surface area contributed by atoms with E-state index in [1.54, 1.807) is 12.1 Å². The van der Waals surface area contributed by atoms with E-state index >= 15 is 0 Å². The second-order valence-electron chi connectivity index (χ2n) is 9.55. The lowest BCUT2D eigenvalue weighted by molar-refractivity contribution is -0.253. The van der Waals surface area contributed by atoms with Crippen molar-refractivity contribution in [3.63, 3.8) is 0 Å². The lowest BCUT2D eigenvalue weighted by Gasteiger charge is -2.38. The predicted octanol–water partition coefficient (Wildman–Crippen LogP) is 6.85. The molecule has 0 unspecified atom stereocenters. The number of rotatable bonds is 12. The van der Waals surface area contributed by atoms with Crippen molar-refractivity contribution in [1.29, 1.82) is 0 Å². The minimum atomic E-state index is -4.84. The maximum absolute atomic E-state index is 14.9. The Morgan fingerprint density at radius 2 is 1.32 bits per heavy atom. The molecule has 0 aliphatic rings. The van der Waals surface area contributed by atoms with Crippen LogP contribution in [0.1, 0.15) is 22.3 Å². The molecule has 0 saturated carbocycles. The first-order valence-corrected chi connectivity index (χ1v) is 12.6. The summed E-state index contributed by atoms with van der Waals surface area (Å²) in [4.78, 5) is 0. The highest BCUT2D eigenvalue weighted by Gasteiger charge is 2.44. The van der Waals surface area contributed by atoms with Crippen molar-refractivity contribution >= 4 is 0 Å². The molecule has 0 heterocycles. The van der Waals surface area contributed by atoms with Crippen molar-refractivity contribution in [2.24, 2.45) is 5.73 Å². The van der Waals surface area contributed by atoms with Crippen LogP contribution in [0.4, 0.5) is 26.3 Å². The molecule has 40 heavy (non-hydrogen) atoms. The molecule has 9 heteroatoms. The zero-order valence-corrected chi connectivity index (χ0v) is 21.3. The van der Waals surface area contributed by atoms with Crippen molar-refractivity contribution < 1.29 is 31.1 Å². The molecule has 0 aromatic heterocycles. The van der Waals surface area contributed by atoms with Gasteiger partial charge in [-0.25, -0.2) is 8.78 Å². The Kier molecular flexibility index (Phi) is 9.17. The van der Waals surface area contributed by atoms with E-state index in [0.29, 0.717) is 18.1 Å². The number of nitrogens with one attached hydrogen (secondary N) is 1. The molecule has 0 spiro atoms. The van der Waals surface area contributed by atoms with Crippen molar-refractivity contribution in [3.8, 4) is 5.75 Å². The van der Waals surface area contributed by atoms with E-state index in [-0.39, 0.29) is 18.5 Å². The standard InChI is InChI=1S/C31H28F6N2O/c32-25-13-11-23(12-14-25)30(19-22-9-5-2-6-10-22,39-20-27(38)15-21-7-3-1-4-8-21)24-16-26(33)18-28(17-24)40-31(36,37)29(34)35/h1-14,16-18,27,29,39H,15,19-20,38H2/t27-,30+/m0/s1. The monoisotopic (exact) mass is 558 g/mol. The minimum absolute atomic E-state index is 0.106. The van der Waals surface area contributed by atoms with Crippen molar-refractivity contribution in [2.45, 2.75) is 37.0 Å². The highest BCUT2D eigenvalue weighted by molar-refractivity contribution is 5.44. The van der Waals surface area contributed by atoms with Crippen molar-refractivity contribution in [1.82, 2.24) is 5.32 Å². The third-order valence-electron chi connectivity index (χ3n) is 6.53.